The quantitative estimate of drug-likeness (QED) is 0.117. The lowest BCUT2D eigenvalue weighted by molar-refractivity contribution is -0.394. The Kier molecular flexibility index (Phi) is 10.9. The topological polar surface area (TPSA) is 166 Å². The number of hydrazone groups is 1. The number of hydrogen-bond donors (Lipinski definition) is 2. The number of benzene rings is 3. The number of ether oxygens (including phenoxy) is 2. The van der Waals surface area contributed by atoms with Gasteiger partial charge in [-0.3, -0.25) is 25.0 Å². The Morgan fingerprint density at radius 2 is 1.60 bits per heavy atom. The number of aromatic hydroxyl groups is 1. The fourth-order valence-corrected chi connectivity index (χ4v) is 5.00. The lowest BCUT2D eigenvalue weighted by Crippen LogP contribution is -2.20. The van der Waals surface area contributed by atoms with E-state index in [1.807, 2.05) is 53.7 Å². The number of rotatable bonds is 11. The van der Waals surface area contributed by atoms with E-state index in [0.717, 1.165) is 34.9 Å². The molecule has 0 saturated heterocycles. The molecule has 3 rings (SSSR count). The van der Waals surface area contributed by atoms with Gasteiger partial charge in [-0.1, -0.05) is 53.7 Å². The standard InChI is InChI=1S/C32H37BrN4O8/c1-8-44-27-16-20(15-24(33)30(27)45-26-11-10-21(36(40)41)17-25(26)37(42)43)18-34-35-28(38)12-9-19-13-22(31(2,3)4)29(39)23(14-19)32(5,6)7/h10-11,13-18,39H,8-9,12H2,1-7H3,(H,35,38)/b34-18-. The molecular weight excluding hydrogens is 648 g/mol. The van der Waals surface area contributed by atoms with Crippen molar-refractivity contribution in [3.63, 3.8) is 0 Å². The number of nitro benzene ring substituents is 2. The molecule has 0 heterocycles. The van der Waals surface area contributed by atoms with Crippen LogP contribution in [-0.4, -0.2) is 33.7 Å². The van der Waals surface area contributed by atoms with Crippen LogP contribution < -0.4 is 14.9 Å². The second-order valence-electron chi connectivity index (χ2n) is 12.4. The zero-order chi connectivity index (χ0) is 33.7. The van der Waals surface area contributed by atoms with E-state index in [-0.39, 0.29) is 52.8 Å². The largest absolute Gasteiger partial charge is 0.507 e. The van der Waals surface area contributed by atoms with E-state index in [1.165, 1.54) is 6.21 Å². The van der Waals surface area contributed by atoms with E-state index < -0.39 is 21.2 Å². The van der Waals surface area contributed by atoms with Crippen LogP contribution in [-0.2, 0) is 22.0 Å². The molecule has 0 bridgehead atoms. The highest BCUT2D eigenvalue weighted by atomic mass is 79.9. The number of nitrogens with one attached hydrogen (secondary N) is 1. The Morgan fingerprint density at radius 1 is 0.978 bits per heavy atom. The van der Waals surface area contributed by atoms with E-state index in [2.05, 4.69) is 26.5 Å². The van der Waals surface area contributed by atoms with Crippen LogP contribution in [0, 0.1) is 20.2 Å². The highest BCUT2D eigenvalue weighted by Crippen LogP contribution is 2.43. The molecule has 0 spiro atoms. The highest BCUT2D eigenvalue weighted by Gasteiger charge is 2.27. The van der Waals surface area contributed by atoms with Crippen LogP contribution in [0.5, 0.6) is 23.0 Å². The number of nitro groups is 2. The van der Waals surface area contributed by atoms with E-state index >= 15 is 0 Å². The minimum absolute atomic E-state index is 0.119. The molecule has 0 radical (unpaired) electrons. The van der Waals surface area contributed by atoms with Gasteiger partial charge in [0, 0.05) is 12.5 Å². The molecule has 2 N–H and O–H groups in total. The van der Waals surface area contributed by atoms with Crippen LogP contribution in [0.2, 0.25) is 0 Å². The number of halogens is 1. The minimum Gasteiger partial charge on any atom is -0.507 e. The van der Waals surface area contributed by atoms with Gasteiger partial charge in [0.1, 0.15) is 5.75 Å². The molecule has 3 aromatic rings. The number of hydrogen-bond acceptors (Lipinski definition) is 9. The lowest BCUT2D eigenvalue weighted by Gasteiger charge is -2.28. The fourth-order valence-electron chi connectivity index (χ4n) is 4.46. The Hall–Kier alpha value is -4.52. The summed E-state index contributed by atoms with van der Waals surface area (Å²) in [5.41, 5.74) is 4.07. The molecule has 240 valence electrons. The normalized spacial score (nSPS) is 11.8. The second-order valence-corrected chi connectivity index (χ2v) is 13.2. The lowest BCUT2D eigenvalue weighted by atomic mass is 9.78. The molecule has 0 aliphatic heterocycles. The Bertz CT molecular complexity index is 1610. The van der Waals surface area contributed by atoms with E-state index in [0.29, 0.717) is 16.5 Å². The summed E-state index contributed by atoms with van der Waals surface area (Å²) in [6.07, 6.45) is 2.04. The van der Waals surface area contributed by atoms with Crippen LogP contribution in [0.1, 0.15) is 77.1 Å². The summed E-state index contributed by atoms with van der Waals surface area (Å²) in [5.74, 6) is 0.118. The molecule has 1 amide bonds. The second kappa shape index (κ2) is 14.1. The molecule has 0 aliphatic carbocycles. The zero-order valence-electron chi connectivity index (χ0n) is 26.3. The maximum atomic E-state index is 12.7. The van der Waals surface area contributed by atoms with Gasteiger partial charge in [-0.2, -0.15) is 5.10 Å². The van der Waals surface area contributed by atoms with Crippen LogP contribution in [0.25, 0.3) is 0 Å². The molecule has 3 aromatic carbocycles. The first kappa shape index (κ1) is 35.0. The van der Waals surface area contributed by atoms with Gasteiger partial charge >= 0.3 is 5.69 Å². The first-order valence-electron chi connectivity index (χ1n) is 14.2. The van der Waals surface area contributed by atoms with Crippen LogP contribution in [0.3, 0.4) is 0 Å². The number of phenols is 1. The van der Waals surface area contributed by atoms with Crippen LogP contribution in [0.4, 0.5) is 11.4 Å². The third kappa shape index (κ3) is 9.00. The molecule has 0 fully saturated rings. The summed E-state index contributed by atoms with van der Waals surface area (Å²) in [5, 5.41) is 37.6. The summed E-state index contributed by atoms with van der Waals surface area (Å²) in [6.45, 7) is 14.2. The molecule has 0 unspecified atom stereocenters. The van der Waals surface area contributed by atoms with Crippen molar-refractivity contribution in [2.45, 2.75) is 72.1 Å². The van der Waals surface area contributed by atoms with Crippen molar-refractivity contribution >= 4 is 39.4 Å². The summed E-state index contributed by atoms with van der Waals surface area (Å²) in [7, 11) is 0. The molecule has 0 atom stereocenters. The molecule has 12 nitrogen and oxygen atoms in total. The predicted molar refractivity (Wildman–Crippen MR) is 175 cm³/mol. The number of aryl methyl sites for hydroxylation is 1. The molecule has 45 heavy (non-hydrogen) atoms. The van der Waals surface area contributed by atoms with Gasteiger partial charge in [-0.25, -0.2) is 5.43 Å². The third-order valence-corrected chi connectivity index (χ3v) is 7.31. The van der Waals surface area contributed by atoms with Gasteiger partial charge in [0.2, 0.25) is 11.7 Å². The Balaban J connectivity index is 1.77. The molecule has 0 aliphatic rings. The number of non-ortho nitro benzene ring substituents is 1. The number of carbonyl (C=O) groups is 1. The number of carbonyl (C=O) groups excluding carboxylic acids is 1. The number of phenolic OH excluding ortho intramolecular Hbond substituents is 1. The van der Waals surface area contributed by atoms with Gasteiger partial charge in [-0.05, 0) is 80.6 Å². The minimum atomic E-state index is -0.769. The Morgan fingerprint density at radius 3 is 2.13 bits per heavy atom. The van der Waals surface area contributed by atoms with Crippen LogP contribution >= 0.6 is 15.9 Å². The van der Waals surface area contributed by atoms with Crippen LogP contribution in [0.15, 0.2) is 52.0 Å². The van der Waals surface area contributed by atoms with Crippen molar-refractivity contribution in [3.8, 4) is 23.0 Å². The average Bonchev–Trinajstić information content (AvgIpc) is 2.93. The number of nitrogens with zero attached hydrogens (tertiary/aromatic N) is 3. The van der Waals surface area contributed by atoms with E-state index in [1.54, 1.807) is 19.1 Å². The van der Waals surface area contributed by atoms with Crippen molar-refractivity contribution in [1.82, 2.24) is 5.43 Å². The summed E-state index contributed by atoms with van der Waals surface area (Å²) in [6, 6.07) is 10.2. The highest BCUT2D eigenvalue weighted by molar-refractivity contribution is 9.10. The third-order valence-electron chi connectivity index (χ3n) is 6.72. The smallest absolute Gasteiger partial charge is 0.318 e. The maximum absolute atomic E-state index is 12.7. The fraction of sp³-hybridized carbons (Fsp3) is 0.375. The van der Waals surface area contributed by atoms with Crippen molar-refractivity contribution < 1.29 is 29.2 Å². The van der Waals surface area contributed by atoms with Crippen molar-refractivity contribution in [1.29, 1.82) is 0 Å². The summed E-state index contributed by atoms with van der Waals surface area (Å²) in [4.78, 5) is 33.8. The molecular formula is C32H37BrN4O8. The SMILES string of the molecule is CCOc1cc(/C=N\NC(=O)CCc2cc(C(C)(C)C)c(O)c(C(C)(C)C)c2)cc(Br)c1Oc1ccc([N+](=O)[O-])cc1[N+](=O)[O-]. The van der Waals surface area contributed by atoms with Gasteiger partial charge in [0.15, 0.2) is 11.5 Å². The van der Waals surface area contributed by atoms with E-state index in [9.17, 15) is 30.1 Å². The molecule has 13 heteroatoms. The molecule has 0 aromatic heterocycles. The van der Waals surface area contributed by atoms with Crippen molar-refractivity contribution in [3.05, 3.63) is 89.4 Å². The first-order chi connectivity index (χ1) is 20.9. The maximum Gasteiger partial charge on any atom is 0.318 e. The van der Waals surface area contributed by atoms with Crippen molar-refractivity contribution in [2.75, 3.05) is 6.61 Å². The first-order valence-corrected chi connectivity index (χ1v) is 15.0. The van der Waals surface area contributed by atoms with Gasteiger partial charge in [0.05, 0.1) is 33.2 Å². The zero-order valence-corrected chi connectivity index (χ0v) is 27.9. The van der Waals surface area contributed by atoms with Crippen molar-refractivity contribution in [2.24, 2.45) is 5.10 Å². The van der Waals surface area contributed by atoms with E-state index in [4.69, 9.17) is 9.47 Å². The average molecular weight is 686 g/mol. The van der Waals surface area contributed by atoms with Gasteiger partial charge < -0.3 is 14.6 Å². The summed E-state index contributed by atoms with van der Waals surface area (Å²) >= 11 is 3.39. The van der Waals surface area contributed by atoms with Gasteiger partial charge in [-0.15, -0.1) is 0 Å². The summed E-state index contributed by atoms with van der Waals surface area (Å²) < 4.78 is 11.8. The number of amides is 1. The monoisotopic (exact) mass is 684 g/mol. The molecule has 0 saturated carbocycles. The predicted octanol–water partition coefficient (Wildman–Crippen LogP) is 7.84. The van der Waals surface area contributed by atoms with Gasteiger partial charge in [0.25, 0.3) is 5.69 Å². The Labute approximate surface area is 269 Å².